The summed E-state index contributed by atoms with van der Waals surface area (Å²) in [5, 5.41) is 8.76. The van der Waals surface area contributed by atoms with Gasteiger partial charge in [-0.2, -0.15) is 0 Å². The fourth-order valence-electron chi connectivity index (χ4n) is 3.93. The molecule has 0 fully saturated rings. The van der Waals surface area contributed by atoms with Crippen LogP contribution < -0.4 is 24.4 Å². The van der Waals surface area contributed by atoms with Crippen molar-refractivity contribution in [2.45, 2.75) is 19.9 Å². The van der Waals surface area contributed by atoms with Gasteiger partial charge in [-0.3, -0.25) is 9.36 Å². The molecule has 1 atom stereocenters. The van der Waals surface area contributed by atoms with Crippen LogP contribution >= 0.6 is 11.3 Å². The highest BCUT2D eigenvalue weighted by Gasteiger charge is 2.34. The maximum absolute atomic E-state index is 13.7. The van der Waals surface area contributed by atoms with E-state index in [1.54, 1.807) is 50.3 Å². The van der Waals surface area contributed by atoms with Crippen molar-refractivity contribution in [1.82, 2.24) is 4.57 Å². The van der Waals surface area contributed by atoms with Gasteiger partial charge in [-0.05, 0) is 43.7 Å². The molecule has 2 heterocycles. The molecule has 0 spiro atoms. The number of nitrogens with zero attached hydrogens (tertiary/aromatic N) is 2. The highest BCUT2D eigenvalue weighted by atomic mass is 32.1. The zero-order chi connectivity index (χ0) is 25.8. The Morgan fingerprint density at radius 2 is 1.89 bits per heavy atom. The van der Waals surface area contributed by atoms with Crippen LogP contribution in [0.2, 0.25) is 0 Å². The second-order valence-electron chi connectivity index (χ2n) is 7.80. The van der Waals surface area contributed by atoms with Gasteiger partial charge in [0.25, 0.3) is 5.56 Å². The number of benzene rings is 2. The second kappa shape index (κ2) is 10.6. The largest absolute Gasteiger partial charge is 0.496 e. The highest BCUT2D eigenvalue weighted by molar-refractivity contribution is 7.07. The molecule has 0 amide bonds. The quantitative estimate of drug-likeness (QED) is 0.464. The number of hydrogen-bond acceptors (Lipinski definition) is 8. The Labute approximate surface area is 210 Å². The van der Waals surface area contributed by atoms with Crippen LogP contribution in [0, 0.1) is 0 Å². The van der Waals surface area contributed by atoms with Crippen molar-refractivity contribution in [3.8, 4) is 11.5 Å². The summed E-state index contributed by atoms with van der Waals surface area (Å²) in [6.45, 7) is 3.19. The van der Waals surface area contributed by atoms with Crippen molar-refractivity contribution >= 4 is 29.4 Å². The Morgan fingerprint density at radius 3 is 2.56 bits per heavy atom. The molecule has 0 aliphatic carbocycles. The Kier molecular flexibility index (Phi) is 7.35. The number of ether oxygens (including phenoxy) is 3. The van der Waals surface area contributed by atoms with Crippen LogP contribution in [0.4, 0.5) is 0 Å². The first kappa shape index (κ1) is 24.9. The number of carboxylic acid groups (broad SMARTS) is 1. The summed E-state index contributed by atoms with van der Waals surface area (Å²) in [5.41, 5.74) is 1.80. The Hall–Kier alpha value is -4.18. The summed E-state index contributed by atoms with van der Waals surface area (Å²) in [4.78, 5) is 42.4. The van der Waals surface area contributed by atoms with Crippen LogP contribution in [-0.2, 0) is 14.3 Å². The van der Waals surface area contributed by atoms with Gasteiger partial charge in [0.1, 0.15) is 17.5 Å². The van der Waals surface area contributed by atoms with Gasteiger partial charge in [0.05, 0.1) is 29.5 Å². The first-order chi connectivity index (χ1) is 17.3. The molecular formula is C26H24N2O7S. The lowest BCUT2D eigenvalue weighted by atomic mass is 9.95. The van der Waals surface area contributed by atoms with Crippen molar-refractivity contribution in [2.24, 2.45) is 4.99 Å². The second-order valence-corrected chi connectivity index (χ2v) is 8.80. The third kappa shape index (κ3) is 4.94. The normalized spacial score (nSPS) is 15.2. The van der Waals surface area contributed by atoms with Gasteiger partial charge in [-0.1, -0.05) is 41.7 Å². The third-order valence-electron chi connectivity index (χ3n) is 5.49. The van der Waals surface area contributed by atoms with E-state index in [1.165, 1.54) is 23.0 Å². The number of para-hydroxylation sites is 1. The number of esters is 1. The average Bonchev–Trinajstić information content (AvgIpc) is 3.17. The molecule has 36 heavy (non-hydrogen) atoms. The van der Waals surface area contributed by atoms with E-state index in [4.69, 9.17) is 19.3 Å². The van der Waals surface area contributed by atoms with Crippen LogP contribution in [0.3, 0.4) is 0 Å². The number of fused-ring (bicyclic) bond motifs is 1. The predicted octanol–water partition coefficient (Wildman–Crippen LogP) is 2.27. The number of allylic oxidation sites excluding steroid dienone is 1. The fourth-order valence-corrected chi connectivity index (χ4v) is 4.98. The molecule has 10 heteroatoms. The molecule has 3 aromatic rings. The van der Waals surface area contributed by atoms with E-state index in [2.05, 4.69) is 4.99 Å². The first-order valence-corrected chi connectivity index (χ1v) is 11.9. The van der Waals surface area contributed by atoms with Crippen LogP contribution in [0.5, 0.6) is 11.5 Å². The van der Waals surface area contributed by atoms with Gasteiger partial charge in [-0.15, -0.1) is 0 Å². The zero-order valence-corrected chi connectivity index (χ0v) is 20.7. The summed E-state index contributed by atoms with van der Waals surface area (Å²) >= 11 is 1.21. The molecule has 0 saturated heterocycles. The maximum Gasteiger partial charge on any atom is 0.341 e. The summed E-state index contributed by atoms with van der Waals surface area (Å²) in [5.74, 6) is -0.671. The molecule has 2 aromatic carbocycles. The molecule has 1 N–H and O–H groups in total. The van der Waals surface area contributed by atoms with E-state index < -0.39 is 24.6 Å². The number of carbonyl (C=O) groups is 2. The summed E-state index contributed by atoms with van der Waals surface area (Å²) in [6, 6.07) is 13.2. The average molecular weight is 509 g/mol. The molecule has 0 radical (unpaired) electrons. The third-order valence-corrected chi connectivity index (χ3v) is 6.47. The molecule has 186 valence electrons. The summed E-state index contributed by atoms with van der Waals surface area (Å²) in [7, 11) is 1.53. The standard InChI is InChI=1S/C26H24N2O7S/c1-4-34-25(32)22-15(2)27-26-28(23(22)18-7-5-6-8-19(18)33-3)24(31)20(36-26)13-16-9-11-17(12-10-16)35-14-21(29)30/h5-13,23H,4,14H2,1-3H3,(H,29,30)/b20-13-/t23-/m1/s1. The number of carbonyl (C=O) groups excluding carboxylic acids is 1. The van der Waals surface area contributed by atoms with Crippen molar-refractivity contribution in [3.63, 3.8) is 0 Å². The first-order valence-electron chi connectivity index (χ1n) is 11.1. The van der Waals surface area contributed by atoms with E-state index in [9.17, 15) is 14.4 Å². The number of aliphatic carboxylic acids is 1. The smallest absolute Gasteiger partial charge is 0.341 e. The number of methoxy groups -OCH3 is 1. The lowest BCUT2D eigenvalue weighted by Gasteiger charge is -2.25. The van der Waals surface area contributed by atoms with Gasteiger partial charge < -0.3 is 19.3 Å². The number of carboxylic acids is 1. The summed E-state index contributed by atoms with van der Waals surface area (Å²) < 4.78 is 17.9. The van der Waals surface area contributed by atoms with E-state index in [0.717, 1.165) is 5.56 Å². The number of hydrogen-bond donors (Lipinski definition) is 1. The monoisotopic (exact) mass is 508 g/mol. The molecule has 9 nitrogen and oxygen atoms in total. The number of thiazole rings is 1. The minimum absolute atomic E-state index is 0.185. The molecular weight excluding hydrogens is 484 g/mol. The zero-order valence-electron chi connectivity index (χ0n) is 19.9. The molecule has 1 aromatic heterocycles. The van der Waals surface area contributed by atoms with Crippen molar-refractivity contribution in [2.75, 3.05) is 20.3 Å². The highest BCUT2D eigenvalue weighted by Crippen LogP contribution is 2.35. The summed E-state index contributed by atoms with van der Waals surface area (Å²) in [6.07, 6.45) is 1.72. The van der Waals surface area contributed by atoms with Gasteiger partial charge in [0, 0.05) is 5.56 Å². The molecule has 1 aliphatic heterocycles. The molecule has 4 rings (SSSR count). The number of aromatic nitrogens is 1. The van der Waals surface area contributed by atoms with Crippen LogP contribution in [0.1, 0.15) is 31.0 Å². The number of rotatable bonds is 8. The van der Waals surface area contributed by atoms with Crippen molar-refractivity contribution in [3.05, 3.63) is 90.6 Å². The van der Waals surface area contributed by atoms with Gasteiger partial charge >= 0.3 is 11.9 Å². The van der Waals surface area contributed by atoms with Crippen LogP contribution in [0.15, 0.2) is 69.6 Å². The van der Waals surface area contributed by atoms with Gasteiger partial charge in [-0.25, -0.2) is 14.6 Å². The van der Waals surface area contributed by atoms with Crippen molar-refractivity contribution in [1.29, 1.82) is 0 Å². The molecule has 0 saturated carbocycles. The van der Waals surface area contributed by atoms with E-state index in [0.29, 0.717) is 32.1 Å². The lowest BCUT2D eigenvalue weighted by Crippen LogP contribution is -2.40. The van der Waals surface area contributed by atoms with Gasteiger partial charge in [0.2, 0.25) is 0 Å². The Balaban J connectivity index is 1.85. The maximum atomic E-state index is 13.7. The predicted molar refractivity (Wildman–Crippen MR) is 133 cm³/mol. The van der Waals surface area contributed by atoms with E-state index in [-0.39, 0.29) is 17.7 Å². The van der Waals surface area contributed by atoms with Crippen LogP contribution in [0.25, 0.3) is 6.08 Å². The van der Waals surface area contributed by atoms with Crippen LogP contribution in [-0.4, -0.2) is 41.9 Å². The van der Waals surface area contributed by atoms with Gasteiger partial charge in [0.15, 0.2) is 11.4 Å². The Morgan fingerprint density at radius 1 is 1.17 bits per heavy atom. The van der Waals surface area contributed by atoms with E-state index in [1.807, 2.05) is 18.2 Å². The van der Waals surface area contributed by atoms with E-state index >= 15 is 0 Å². The topological polar surface area (TPSA) is 116 Å². The SMILES string of the molecule is CCOC(=O)C1=C(C)N=c2s/c(=C\c3ccc(OCC(=O)O)cc3)c(=O)n2[C@@H]1c1ccccc1OC. The Bertz CT molecular complexity index is 1520. The molecule has 1 aliphatic rings. The lowest BCUT2D eigenvalue weighted by molar-refractivity contribution is -0.140. The fraction of sp³-hybridized carbons (Fsp3) is 0.231. The molecule has 0 bridgehead atoms. The minimum Gasteiger partial charge on any atom is -0.496 e. The van der Waals surface area contributed by atoms with Crippen molar-refractivity contribution < 1.29 is 28.9 Å². The molecule has 0 unspecified atom stereocenters. The minimum atomic E-state index is -1.07.